The molecule has 1 fully saturated rings. The van der Waals surface area contributed by atoms with Gasteiger partial charge in [0.25, 0.3) is 5.91 Å². The summed E-state index contributed by atoms with van der Waals surface area (Å²) in [5.74, 6) is 0.471. The zero-order valence-electron chi connectivity index (χ0n) is 15.2. The van der Waals surface area contributed by atoms with Gasteiger partial charge in [-0.05, 0) is 49.9 Å². The number of benzene rings is 2. The van der Waals surface area contributed by atoms with Gasteiger partial charge in [0, 0.05) is 31.9 Å². The van der Waals surface area contributed by atoms with Crippen LogP contribution in [0.5, 0.6) is 5.75 Å². The molecule has 138 valence electrons. The molecule has 1 aliphatic heterocycles. The maximum Gasteiger partial charge on any atom is 0.262 e. The van der Waals surface area contributed by atoms with Crippen LogP contribution in [0.2, 0.25) is 5.02 Å². The number of ether oxygens (including phenoxy) is 1. The number of aryl methyl sites for hydroxylation is 1. The summed E-state index contributed by atoms with van der Waals surface area (Å²) >= 11 is 6.44. The van der Waals surface area contributed by atoms with Crippen LogP contribution in [0.3, 0.4) is 0 Å². The molecule has 0 aromatic heterocycles. The lowest BCUT2D eigenvalue weighted by atomic mass is 10.2. The Morgan fingerprint density at radius 2 is 1.92 bits per heavy atom. The van der Waals surface area contributed by atoms with Gasteiger partial charge in [-0.2, -0.15) is 0 Å². The predicted octanol–water partition coefficient (Wildman–Crippen LogP) is 3.42. The number of nitrogens with one attached hydrogen (secondary N) is 1. The van der Waals surface area contributed by atoms with Gasteiger partial charge >= 0.3 is 0 Å². The molecule has 2 aromatic carbocycles. The average Bonchev–Trinajstić information content (AvgIpc) is 2.61. The molecule has 1 heterocycles. The van der Waals surface area contributed by atoms with E-state index in [-0.39, 0.29) is 12.5 Å². The maximum atomic E-state index is 12.1. The minimum Gasteiger partial charge on any atom is -0.484 e. The van der Waals surface area contributed by atoms with E-state index in [0.717, 1.165) is 37.4 Å². The van der Waals surface area contributed by atoms with Gasteiger partial charge in [-0.15, -0.1) is 0 Å². The molecular weight excluding hydrogens is 350 g/mol. The van der Waals surface area contributed by atoms with Crippen LogP contribution in [0.25, 0.3) is 0 Å². The normalized spacial score (nSPS) is 15.0. The van der Waals surface area contributed by atoms with E-state index in [2.05, 4.69) is 22.2 Å². The third-order valence-corrected chi connectivity index (χ3v) is 4.74. The molecule has 0 unspecified atom stereocenters. The smallest absolute Gasteiger partial charge is 0.262 e. The number of hydrogen-bond acceptors (Lipinski definition) is 4. The fraction of sp³-hybridized carbons (Fsp3) is 0.350. The molecule has 1 aliphatic rings. The summed E-state index contributed by atoms with van der Waals surface area (Å²) in [6.07, 6.45) is 0. The van der Waals surface area contributed by atoms with Gasteiger partial charge in [0.15, 0.2) is 6.61 Å². The Morgan fingerprint density at radius 3 is 2.62 bits per heavy atom. The number of anilines is 2. The molecular formula is C20H24ClN3O2. The number of likely N-dealkylation sites (N-methyl/N-ethyl adjacent to an activating group) is 1. The van der Waals surface area contributed by atoms with Crippen LogP contribution in [-0.4, -0.2) is 50.6 Å². The molecule has 5 nitrogen and oxygen atoms in total. The van der Waals surface area contributed by atoms with E-state index in [1.807, 2.05) is 43.3 Å². The Balaban J connectivity index is 1.56. The Kier molecular flexibility index (Phi) is 6.01. The van der Waals surface area contributed by atoms with Crippen molar-refractivity contribution in [3.05, 3.63) is 53.1 Å². The second-order valence-electron chi connectivity index (χ2n) is 6.61. The predicted molar refractivity (Wildman–Crippen MR) is 106 cm³/mol. The maximum absolute atomic E-state index is 12.1. The summed E-state index contributed by atoms with van der Waals surface area (Å²) < 4.78 is 5.52. The number of halogens is 1. The highest BCUT2D eigenvalue weighted by molar-refractivity contribution is 6.33. The summed E-state index contributed by atoms with van der Waals surface area (Å²) in [6.45, 7) is 5.88. The summed E-state index contributed by atoms with van der Waals surface area (Å²) in [6, 6.07) is 13.3. The van der Waals surface area contributed by atoms with Gasteiger partial charge in [0.1, 0.15) is 5.75 Å². The van der Waals surface area contributed by atoms with Crippen molar-refractivity contribution in [2.45, 2.75) is 6.92 Å². The van der Waals surface area contributed by atoms with Crippen LogP contribution in [0.1, 0.15) is 5.56 Å². The van der Waals surface area contributed by atoms with E-state index >= 15 is 0 Å². The van der Waals surface area contributed by atoms with E-state index in [9.17, 15) is 4.79 Å². The highest BCUT2D eigenvalue weighted by Crippen LogP contribution is 2.29. The van der Waals surface area contributed by atoms with Crippen LogP contribution in [0.4, 0.5) is 11.4 Å². The molecule has 0 atom stereocenters. The van der Waals surface area contributed by atoms with Crippen LogP contribution in [0.15, 0.2) is 42.5 Å². The van der Waals surface area contributed by atoms with Crippen LogP contribution in [0, 0.1) is 6.92 Å². The molecule has 0 radical (unpaired) electrons. The Bertz CT molecular complexity index is 773. The topological polar surface area (TPSA) is 44.8 Å². The lowest BCUT2D eigenvalue weighted by Crippen LogP contribution is -2.44. The molecule has 0 aliphatic carbocycles. The second kappa shape index (κ2) is 8.43. The summed E-state index contributed by atoms with van der Waals surface area (Å²) in [7, 11) is 2.12. The van der Waals surface area contributed by atoms with Gasteiger partial charge in [-0.25, -0.2) is 0 Å². The number of carbonyl (C=O) groups excluding carboxylic acids is 1. The first kappa shape index (κ1) is 18.5. The summed E-state index contributed by atoms with van der Waals surface area (Å²) in [4.78, 5) is 16.7. The molecule has 3 rings (SSSR count). The van der Waals surface area contributed by atoms with Gasteiger partial charge in [-0.1, -0.05) is 23.7 Å². The van der Waals surface area contributed by atoms with Gasteiger partial charge in [0.2, 0.25) is 0 Å². The average molecular weight is 374 g/mol. The molecule has 1 saturated heterocycles. The molecule has 26 heavy (non-hydrogen) atoms. The fourth-order valence-corrected chi connectivity index (χ4v) is 3.24. The Morgan fingerprint density at radius 1 is 1.15 bits per heavy atom. The van der Waals surface area contributed by atoms with Gasteiger partial charge in [0.05, 0.1) is 10.7 Å². The van der Waals surface area contributed by atoms with Crippen molar-refractivity contribution in [2.24, 2.45) is 0 Å². The van der Waals surface area contributed by atoms with Crippen molar-refractivity contribution in [3.63, 3.8) is 0 Å². The first-order valence-corrected chi connectivity index (χ1v) is 9.11. The fourth-order valence-electron chi connectivity index (χ4n) is 2.94. The highest BCUT2D eigenvalue weighted by atomic mass is 35.5. The molecule has 0 saturated carbocycles. The van der Waals surface area contributed by atoms with Crippen LogP contribution >= 0.6 is 11.6 Å². The summed E-state index contributed by atoms with van der Waals surface area (Å²) in [5, 5.41) is 3.48. The molecule has 1 amide bonds. The van der Waals surface area contributed by atoms with Crippen molar-refractivity contribution in [2.75, 3.05) is 50.1 Å². The van der Waals surface area contributed by atoms with E-state index in [1.165, 1.54) is 0 Å². The number of carbonyl (C=O) groups is 1. The third-order valence-electron chi connectivity index (χ3n) is 4.43. The van der Waals surface area contributed by atoms with Crippen LogP contribution in [-0.2, 0) is 4.79 Å². The van der Waals surface area contributed by atoms with Crippen LogP contribution < -0.4 is 15.0 Å². The van der Waals surface area contributed by atoms with Gasteiger partial charge < -0.3 is 19.9 Å². The largest absolute Gasteiger partial charge is 0.484 e. The lowest BCUT2D eigenvalue weighted by Gasteiger charge is -2.34. The monoisotopic (exact) mass is 373 g/mol. The third kappa shape index (κ3) is 4.90. The second-order valence-corrected chi connectivity index (χ2v) is 7.02. The number of hydrogen-bond donors (Lipinski definition) is 1. The Hall–Kier alpha value is -2.24. The number of amides is 1. The quantitative estimate of drug-likeness (QED) is 0.872. The highest BCUT2D eigenvalue weighted by Gasteiger charge is 2.17. The van der Waals surface area contributed by atoms with Crippen molar-refractivity contribution in [1.82, 2.24) is 4.90 Å². The molecule has 2 aromatic rings. The van der Waals surface area contributed by atoms with Crippen molar-refractivity contribution in [3.8, 4) is 5.75 Å². The first-order chi connectivity index (χ1) is 12.5. The minimum absolute atomic E-state index is 0.0404. The Labute approximate surface area is 159 Å². The standard InChI is InChI=1S/C20H24ClN3O2/c1-15-4-3-5-17(12-15)26-14-20(25)22-16-6-7-19(18(21)13-16)24-10-8-23(2)9-11-24/h3-7,12-13H,8-11,14H2,1-2H3,(H,22,25). The van der Waals surface area contributed by atoms with E-state index in [0.29, 0.717) is 16.5 Å². The van der Waals surface area contributed by atoms with E-state index in [4.69, 9.17) is 16.3 Å². The number of piperazine rings is 1. The van der Waals surface area contributed by atoms with Gasteiger partial charge in [-0.3, -0.25) is 4.79 Å². The SMILES string of the molecule is Cc1cccc(OCC(=O)Nc2ccc(N3CCN(C)CC3)c(Cl)c2)c1. The van der Waals surface area contributed by atoms with Crippen molar-refractivity contribution >= 4 is 28.9 Å². The minimum atomic E-state index is -0.213. The molecule has 0 bridgehead atoms. The molecule has 0 spiro atoms. The molecule has 1 N–H and O–H groups in total. The number of nitrogens with zero attached hydrogens (tertiary/aromatic N) is 2. The number of rotatable bonds is 5. The van der Waals surface area contributed by atoms with Crippen molar-refractivity contribution in [1.29, 1.82) is 0 Å². The first-order valence-electron chi connectivity index (χ1n) is 8.73. The van der Waals surface area contributed by atoms with E-state index in [1.54, 1.807) is 6.07 Å². The zero-order chi connectivity index (χ0) is 18.5. The zero-order valence-corrected chi connectivity index (χ0v) is 15.9. The van der Waals surface area contributed by atoms with Crippen molar-refractivity contribution < 1.29 is 9.53 Å². The van der Waals surface area contributed by atoms with E-state index < -0.39 is 0 Å². The summed E-state index contributed by atoms with van der Waals surface area (Å²) in [5.41, 5.74) is 2.77. The lowest BCUT2D eigenvalue weighted by molar-refractivity contribution is -0.118. The molecule has 6 heteroatoms.